The average molecular weight is 309 g/mol. The summed E-state index contributed by atoms with van der Waals surface area (Å²) in [6.07, 6.45) is -0.204. The van der Waals surface area contributed by atoms with Gasteiger partial charge in [0.2, 0.25) is 0 Å². The van der Waals surface area contributed by atoms with Crippen LogP contribution in [0.2, 0.25) is 0 Å². The number of nitrogens with two attached hydrogens (primary N) is 1. The first-order chi connectivity index (χ1) is 10.3. The second kappa shape index (κ2) is 7.68. The number of carbonyl (C=O) groups is 2. The largest absolute Gasteiger partial charge is 0.487 e. The number of benzene rings is 1. The molecule has 122 valence electrons. The SMILES string of the molecule is CCOC(=O)C(=O)c1cc(OC(C)C)c(OC(C)C)cc1N. The van der Waals surface area contributed by atoms with Crippen LogP contribution in [0.4, 0.5) is 5.69 Å². The van der Waals surface area contributed by atoms with Gasteiger partial charge < -0.3 is 19.9 Å². The van der Waals surface area contributed by atoms with Crippen LogP contribution in [-0.4, -0.2) is 30.6 Å². The minimum atomic E-state index is -0.942. The van der Waals surface area contributed by atoms with Crippen molar-refractivity contribution in [2.75, 3.05) is 12.3 Å². The van der Waals surface area contributed by atoms with Crippen molar-refractivity contribution in [3.05, 3.63) is 17.7 Å². The minimum absolute atomic E-state index is 0.0465. The minimum Gasteiger partial charge on any atom is -0.487 e. The number of hydrogen-bond acceptors (Lipinski definition) is 6. The Morgan fingerprint density at radius 2 is 1.55 bits per heavy atom. The van der Waals surface area contributed by atoms with Crippen LogP contribution in [0.15, 0.2) is 12.1 Å². The number of anilines is 1. The van der Waals surface area contributed by atoms with Gasteiger partial charge in [0.05, 0.1) is 24.4 Å². The van der Waals surface area contributed by atoms with E-state index in [-0.39, 0.29) is 30.1 Å². The van der Waals surface area contributed by atoms with E-state index in [9.17, 15) is 9.59 Å². The first-order valence-corrected chi connectivity index (χ1v) is 7.24. The molecule has 0 saturated heterocycles. The van der Waals surface area contributed by atoms with Gasteiger partial charge in [-0.25, -0.2) is 4.79 Å². The van der Waals surface area contributed by atoms with Crippen molar-refractivity contribution in [2.24, 2.45) is 0 Å². The zero-order valence-corrected chi connectivity index (χ0v) is 13.6. The molecule has 1 aromatic carbocycles. The summed E-state index contributed by atoms with van der Waals surface area (Å²) < 4.78 is 16.0. The number of rotatable bonds is 7. The van der Waals surface area contributed by atoms with E-state index in [0.29, 0.717) is 11.5 Å². The summed E-state index contributed by atoms with van der Waals surface area (Å²) in [7, 11) is 0. The molecule has 1 aromatic rings. The Morgan fingerprint density at radius 1 is 1.05 bits per heavy atom. The molecule has 0 amide bonds. The summed E-state index contributed by atoms with van der Waals surface area (Å²) in [6, 6.07) is 2.91. The summed E-state index contributed by atoms with van der Waals surface area (Å²) in [6.45, 7) is 9.18. The highest BCUT2D eigenvalue weighted by atomic mass is 16.5. The molecule has 1 rings (SSSR count). The first kappa shape index (κ1) is 17.8. The van der Waals surface area contributed by atoms with Gasteiger partial charge in [0.25, 0.3) is 5.78 Å². The van der Waals surface area contributed by atoms with E-state index in [0.717, 1.165) is 0 Å². The zero-order chi connectivity index (χ0) is 16.9. The second-order valence-corrected chi connectivity index (χ2v) is 5.27. The monoisotopic (exact) mass is 309 g/mol. The predicted molar refractivity (Wildman–Crippen MR) is 83.3 cm³/mol. The Labute approximate surface area is 130 Å². The van der Waals surface area contributed by atoms with Crippen LogP contribution in [0.25, 0.3) is 0 Å². The maximum atomic E-state index is 12.1. The molecular weight excluding hydrogens is 286 g/mol. The molecule has 0 aliphatic carbocycles. The molecule has 0 aliphatic heterocycles. The molecule has 0 radical (unpaired) electrons. The van der Waals surface area contributed by atoms with E-state index in [4.69, 9.17) is 19.9 Å². The van der Waals surface area contributed by atoms with Crippen LogP contribution in [0, 0.1) is 0 Å². The fourth-order valence-corrected chi connectivity index (χ4v) is 1.77. The smallest absolute Gasteiger partial charge is 0.379 e. The fourth-order valence-electron chi connectivity index (χ4n) is 1.77. The maximum absolute atomic E-state index is 12.1. The lowest BCUT2D eigenvalue weighted by molar-refractivity contribution is -0.137. The van der Waals surface area contributed by atoms with Crippen molar-refractivity contribution in [3.8, 4) is 11.5 Å². The van der Waals surface area contributed by atoms with E-state index in [2.05, 4.69) is 0 Å². The fraction of sp³-hybridized carbons (Fsp3) is 0.500. The molecule has 0 unspecified atom stereocenters. The molecule has 0 atom stereocenters. The van der Waals surface area contributed by atoms with Crippen LogP contribution in [-0.2, 0) is 9.53 Å². The summed E-state index contributed by atoms with van der Waals surface area (Å²) in [4.78, 5) is 23.7. The summed E-state index contributed by atoms with van der Waals surface area (Å²) in [5, 5.41) is 0. The predicted octanol–water partition coefficient (Wildman–Crippen LogP) is 2.59. The van der Waals surface area contributed by atoms with Crippen LogP contribution in [0.3, 0.4) is 0 Å². The molecule has 0 aromatic heterocycles. The van der Waals surface area contributed by atoms with Gasteiger partial charge in [0.15, 0.2) is 11.5 Å². The van der Waals surface area contributed by atoms with Gasteiger partial charge >= 0.3 is 5.97 Å². The molecule has 0 heterocycles. The summed E-state index contributed by atoms with van der Waals surface area (Å²) >= 11 is 0. The number of Topliss-reactive ketones (excluding diaryl/α,β-unsaturated/α-hetero) is 1. The highest BCUT2D eigenvalue weighted by molar-refractivity contribution is 6.41. The van der Waals surface area contributed by atoms with Crippen LogP contribution in [0.5, 0.6) is 11.5 Å². The molecule has 0 saturated carbocycles. The highest BCUT2D eigenvalue weighted by Crippen LogP contribution is 2.34. The Morgan fingerprint density at radius 3 is 2.00 bits per heavy atom. The van der Waals surface area contributed by atoms with E-state index in [1.807, 2.05) is 27.7 Å². The number of nitrogen functional groups attached to an aromatic ring is 1. The lowest BCUT2D eigenvalue weighted by Crippen LogP contribution is -2.20. The molecule has 0 bridgehead atoms. The number of carbonyl (C=O) groups excluding carboxylic acids is 2. The van der Waals surface area contributed by atoms with Crippen molar-refractivity contribution in [2.45, 2.75) is 46.8 Å². The van der Waals surface area contributed by atoms with Gasteiger partial charge in [-0.15, -0.1) is 0 Å². The number of ketones is 1. The first-order valence-electron chi connectivity index (χ1n) is 7.24. The third-order valence-corrected chi connectivity index (χ3v) is 2.55. The molecule has 0 aliphatic rings. The van der Waals surface area contributed by atoms with E-state index >= 15 is 0 Å². The van der Waals surface area contributed by atoms with Crippen molar-refractivity contribution in [1.29, 1.82) is 0 Å². The molecular formula is C16H23NO5. The Kier molecular flexibility index (Phi) is 6.22. The van der Waals surface area contributed by atoms with Crippen molar-refractivity contribution >= 4 is 17.4 Å². The van der Waals surface area contributed by atoms with Gasteiger partial charge in [0, 0.05) is 11.8 Å². The van der Waals surface area contributed by atoms with Crippen molar-refractivity contribution in [3.63, 3.8) is 0 Å². The van der Waals surface area contributed by atoms with Crippen molar-refractivity contribution < 1.29 is 23.8 Å². The van der Waals surface area contributed by atoms with Crippen LogP contribution in [0.1, 0.15) is 45.0 Å². The molecule has 0 spiro atoms. The lowest BCUT2D eigenvalue weighted by atomic mass is 10.1. The highest BCUT2D eigenvalue weighted by Gasteiger charge is 2.23. The second-order valence-electron chi connectivity index (χ2n) is 5.27. The normalized spacial score (nSPS) is 10.7. The van der Waals surface area contributed by atoms with Crippen LogP contribution < -0.4 is 15.2 Å². The van der Waals surface area contributed by atoms with Crippen molar-refractivity contribution in [1.82, 2.24) is 0 Å². The Bertz CT molecular complexity index is 552. The molecule has 0 fully saturated rings. The molecule has 6 heteroatoms. The molecule has 22 heavy (non-hydrogen) atoms. The topological polar surface area (TPSA) is 87.9 Å². The standard InChI is InChI=1S/C16H23NO5/c1-6-20-16(19)15(18)11-7-13(21-9(2)3)14(8-12(11)17)22-10(4)5/h7-10H,6,17H2,1-5H3. The quantitative estimate of drug-likeness (QED) is 0.360. The number of esters is 1. The molecule has 2 N–H and O–H groups in total. The van der Waals surface area contributed by atoms with E-state index in [1.165, 1.54) is 12.1 Å². The average Bonchev–Trinajstić information content (AvgIpc) is 2.40. The Balaban J connectivity index is 3.24. The van der Waals surface area contributed by atoms with Crippen LogP contribution >= 0.6 is 0 Å². The molecule has 6 nitrogen and oxygen atoms in total. The maximum Gasteiger partial charge on any atom is 0.379 e. The Hall–Kier alpha value is -2.24. The van der Waals surface area contributed by atoms with Gasteiger partial charge in [-0.1, -0.05) is 0 Å². The lowest BCUT2D eigenvalue weighted by Gasteiger charge is -2.18. The van der Waals surface area contributed by atoms with Gasteiger partial charge in [0.1, 0.15) is 0 Å². The summed E-state index contributed by atoms with van der Waals surface area (Å²) in [5.74, 6) is -0.946. The van der Waals surface area contributed by atoms with E-state index in [1.54, 1.807) is 6.92 Å². The van der Waals surface area contributed by atoms with Gasteiger partial charge in [-0.2, -0.15) is 0 Å². The third kappa shape index (κ3) is 4.65. The third-order valence-electron chi connectivity index (χ3n) is 2.55. The van der Waals surface area contributed by atoms with Gasteiger partial charge in [-0.05, 0) is 40.7 Å². The zero-order valence-electron chi connectivity index (χ0n) is 13.6. The van der Waals surface area contributed by atoms with E-state index < -0.39 is 11.8 Å². The summed E-state index contributed by atoms with van der Waals surface area (Å²) in [5.41, 5.74) is 6.06. The number of ether oxygens (including phenoxy) is 3. The van der Waals surface area contributed by atoms with Gasteiger partial charge in [-0.3, -0.25) is 4.79 Å². The number of hydrogen-bond donors (Lipinski definition) is 1.